The lowest BCUT2D eigenvalue weighted by molar-refractivity contribution is 0.0941. The number of carbonyl (C=O) groups is 1. The Bertz CT molecular complexity index is 289. The molecule has 13 heavy (non-hydrogen) atoms. The van der Waals surface area contributed by atoms with E-state index in [0.717, 1.165) is 12.2 Å². The quantitative estimate of drug-likeness (QED) is 0.774. The van der Waals surface area contributed by atoms with Crippen molar-refractivity contribution in [1.82, 2.24) is 5.32 Å². The minimum absolute atomic E-state index is 0.0550. The first kappa shape index (κ1) is 9.84. The third kappa shape index (κ3) is 2.34. The van der Waals surface area contributed by atoms with Gasteiger partial charge in [0.1, 0.15) is 5.76 Å². The minimum atomic E-state index is -0.0550. The van der Waals surface area contributed by atoms with Gasteiger partial charge in [-0.15, -0.1) is 0 Å². The summed E-state index contributed by atoms with van der Waals surface area (Å²) in [5.74, 6) is 0.693. The summed E-state index contributed by atoms with van der Waals surface area (Å²) < 4.78 is 5.16. The Kier molecular flexibility index (Phi) is 3.12. The predicted molar refractivity (Wildman–Crippen MR) is 50.7 cm³/mol. The van der Waals surface area contributed by atoms with Crippen LogP contribution in [0.3, 0.4) is 0 Å². The number of hydrogen-bond donors (Lipinski definition) is 1. The monoisotopic (exact) mass is 181 g/mol. The van der Waals surface area contributed by atoms with Crippen molar-refractivity contribution in [3.05, 3.63) is 23.7 Å². The van der Waals surface area contributed by atoms with Crippen molar-refractivity contribution < 1.29 is 9.21 Å². The van der Waals surface area contributed by atoms with Crippen LogP contribution in [0.2, 0.25) is 0 Å². The Morgan fingerprint density at radius 2 is 2.31 bits per heavy atom. The second kappa shape index (κ2) is 4.12. The zero-order chi connectivity index (χ0) is 9.84. The van der Waals surface area contributed by atoms with E-state index >= 15 is 0 Å². The summed E-state index contributed by atoms with van der Waals surface area (Å²) in [7, 11) is 0. The molecular formula is C10H15NO2. The van der Waals surface area contributed by atoms with E-state index in [4.69, 9.17) is 4.42 Å². The second-order valence-corrected chi connectivity index (χ2v) is 3.24. The molecule has 0 radical (unpaired) electrons. The summed E-state index contributed by atoms with van der Waals surface area (Å²) in [4.78, 5) is 11.5. The number of nitrogens with one attached hydrogen (secondary N) is 1. The highest BCUT2D eigenvalue weighted by atomic mass is 16.3. The van der Waals surface area contributed by atoms with Crippen LogP contribution < -0.4 is 5.32 Å². The molecule has 1 amide bonds. The lowest BCUT2D eigenvalue weighted by Gasteiger charge is -2.07. The Morgan fingerprint density at radius 1 is 1.62 bits per heavy atom. The molecule has 1 rings (SSSR count). The Hall–Kier alpha value is -1.25. The molecule has 0 saturated heterocycles. The van der Waals surface area contributed by atoms with E-state index in [-0.39, 0.29) is 11.9 Å². The van der Waals surface area contributed by atoms with Crippen molar-refractivity contribution in [2.75, 3.05) is 0 Å². The van der Waals surface area contributed by atoms with Crippen LogP contribution in [0.15, 0.2) is 16.7 Å². The molecule has 0 fully saturated rings. The second-order valence-electron chi connectivity index (χ2n) is 3.24. The number of furan rings is 1. The highest BCUT2D eigenvalue weighted by molar-refractivity contribution is 5.95. The standard InChI is InChI=1S/C10H15NO2/c1-4-9-8(5-6-13-9)10(12)11-7(2)3/h5-7H,4H2,1-3H3,(H,11,12). The topological polar surface area (TPSA) is 42.2 Å². The van der Waals surface area contributed by atoms with Crippen LogP contribution >= 0.6 is 0 Å². The molecule has 1 aromatic heterocycles. The fraction of sp³-hybridized carbons (Fsp3) is 0.500. The van der Waals surface area contributed by atoms with Gasteiger partial charge < -0.3 is 9.73 Å². The maximum absolute atomic E-state index is 11.5. The van der Waals surface area contributed by atoms with Gasteiger partial charge in [0.2, 0.25) is 0 Å². The van der Waals surface area contributed by atoms with Crippen molar-refractivity contribution in [1.29, 1.82) is 0 Å². The normalized spacial score (nSPS) is 10.5. The van der Waals surface area contributed by atoms with Crippen LogP contribution in [0, 0.1) is 0 Å². The number of carbonyl (C=O) groups excluding carboxylic acids is 1. The molecule has 0 bridgehead atoms. The van der Waals surface area contributed by atoms with Gasteiger partial charge in [-0.05, 0) is 19.9 Å². The molecule has 0 atom stereocenters. The molecule has 1 N–H and O–H groups in total. The fourth-order valence-corrected chi connectivity index (χ4v) is 1.16. The Balaban J connectivity index is 2.76. The first-order chi connectivity index (χ1) is 6.15. The number of aryl methyl sites for hydroxylation is 1. The van der Waals surface area contributed by atoms with Gasteiger partial charge in [0.15, 0.2) is 0 Å². The molecule has 0 aliphatic carbocycles. The molecule has 0 aliphatic heterocycles. The van der Waals surface area contributed by atoms with Gasteiger partial charge in [0.05, 0.1) is 11.8 Å². The predicted octanol–water partition coefficient (Wildman–Crippen LogP) is 1.98. The van der Waals surface area contributed by atoms with Crippen molar-refractivity contribution in [3.63, 3.8) is 0 Å². The maximum atomic E-state index is 11.5. The summed E-state index contributed by atoms with van der Waals surface area (Å²) in [6.45, 7) is 5.83. The van der Waals surface area contributed by atoms with E-state index in [1.165, 1.54) is 0 Å². The summed E-state index contributed by atoms with van der Waals surface area (Å²) in [6.07, 6.45) is 2.29. The summed E-state index contributed by atoms with van der Waals surface area (Å²) >= 11 is 0. The third-order valence-corrected chi connectivity index (χ3v) is 1.73. The van der Waals surface area contributed by atoms with Crippen LogP contribution in [0.25, 0.3) is 0 Å². The van der Waals surface area contributed by atoms with Gasteiger partial charge in [0, 0.05) is 12.5 Å². The lowest BCUT2D eigenvalue weighted by Crippen LogP contribution is -2.30. The van der Waals surface area contributed by atoms with Gasteiger partial charge in [-0.25, -0.2) is 0 Å². The first-order valence-corrected chi connectivity index (χ1v) is 4.52. The molecule has 1 heterocycles. The van der Waals surface area contributed by atoms with Gasteiger partial charge in [-0.2, -0.15) is 0 Å². The van der Waals surface area contributed by atoms with Crippen molar-refractivity contribution >= 4 is 5.91 Å². The molecule has 0 spiro atoms. The van der Waals surface area contributed by atoms with E-state index in [1.54, 1.807) is 12.3 Å². The Morgan fingerprint density at radius 3 is 2.85 bits per heavy atom. The average molecular weight is 181 g/mol. The molecule has 0 unspecified atom stereocenters. The third-order valence-electron chi connectivity index (χ3n) is 1.73. The number of amides is 1. The average Bonchev–Trinajstić information content (AvgIpc) is 2.49. The van der Waals surface area contributed by atoms with Gasteiger partial charge in [-0.3, -0.25) is 4.79 Å². The van der Waals surface area contributed by atoms with Gasteiger partial charge in [0.25, 0.3) is 5.91 Å². The van der Waals surface area contributed by atoms with Crippen LogP contribution in [0.5, 0.6) is 0 Å². The molecule has 3 heteroatoms. The molecule has 3 nitrogen and oxygen atoms in total. The molecule has 0 saturated carbocycles. The van der Waals surface area contributed by atoms with E-state index in [0.29, 0.717) is 5.56 Å². The molecule has 0 aliphatic rings. The van der Waals surface area contributed by atoms with Gasteiger partial charge >= 0.3 is 0 Å². The maximum Gasteiger partial charge on any atom is 0.255 e. The zero-order valence-electron chi connectivity index (χ0n) is 8.26. The van der Waals surface area contributed by atoms with E-state index in [2.05, 4.69) is 5.32 Å². The van der Waals surface area contributed by atoms with Gasteiger partial charge in [-0.1, -0.05) is 6.92 Å². The molecule has 1 aromatic rings. The van der Waals surface area contributed by atoms with Crippen molar-refractivity contribution in [2.45, 2.75) is 33.2 Å². The molecule has 72 valence electrons. The van der Waals surface area contributed by atoms with Crippen LogP contribution in [-0.4, -0.2) is 11.9 Å². The van der Waals surface area contributed by atoms with E-state index < -0.39 is 0 Å². The SMILES string of the molecule is CCc1occc1C(=O)NC(C)C. The number of hydrogen-bond acceptors (Lipinski definition) is 2. The Labute approximate surface area is 78.1 Å². The van der Waals surface area contributed by atoms with Crippen LogP contribution in [-0.2, 0) is 6.42 Å². The van der Waals surface area contributed by atoms with Crippen molar-refractivity contribution in [3.8, 4) is 0 Å². The smallest absolute Gasteiger partial charge is 0.255 e. The summed E-state index contributed by atoms with van der Waals surface area (Å²) in [5, 5.41) is 2.82. The van der Waals surface area contributed by atoms with Crippen LogP contribution in [0.1, 0.15) is 36.9 Å². The highest BCUT2D eigenvalue weighted by Gasteiger charge is 2.13. The highest BCUT2D eigenvalue weighted by Crippen LogP contribution is 2.10. The largest absolute Gasteiger partial charge is 0.469 e. The molecular weight excluding hydrogens is 166 g/mol. The van der Waals surface area contributed by atoms with E-state index in [1.807, 2.05) is 20.8 Å². The number of rotatable bonds is 3. The van der Waals surface area contributed by atoms with Crippen LogP contribution in [0.4, 0.5) is 0 Å². The summed E-state index contributed by atoms with van der Waals surface area (Å²) in [5.41, 5.74) is 0.649. The summed E-state index contributed by atoms with van der Waals surface area (Å²) in [6, 6.07) is 1.86. The fourth-order valence-electron chi connectivity index (χ4n) is 1.16. The lowest BCUT2D eigenvalue weighted by atomic mass is 10.2. The van der Waals surface area contributed by atoms with E-state index in [9.17, 15) is 4.79 Å². The van der Waals surface area contributed by atoms with Crippen molar-refractivity contribution in [2.24, 2.45) is 0 Å². The molecule has 0 aromatic carbocycles. The zero-order valence-corrected chi connectivity index (χ0v) is 8.26. The first-order valence-electron chi connectivity index (χ1n) is 4.52. The minimum Gasteiger partial charge on any atom is -0.469 e.